The van der Waals surface area contributed by atoms with Gasteiger partial charge in [0.15, 0.2) is 0 Å². The fraction of sp³-hybridized carbons (Fsp3) is 0.455. The van der Waals surface area contributed by atoms with E-state index >= 15 is 0 Å². The summed E-state index contributed by atoms with van der Waals surface area (Å²) < 4.78 is 4.47. The third-order valence-corrected chi connectivity index (χ3v) is 1.10. The molecular weight excluding hydrogens is 192 g/mol. The van der Waals surface area contributed by atoms with Gasteiger partial charge in [-0.15, -0.1) is 0 Å². The maximum atomic E-state index is 10.8. The van der Waals surface area contributed by atoms with E-state index in [-0.39, 0.29) is 11.5 Å². The van der Waals surface area contributed by atoms with Gasteiger partial charge in [0.1, 0.15) is 0 Å². The quantitative estimate of drug-likeness (QED) is 0.715. The molecule has 0 unspecified atom stereocenters. The van der Waals surface area contributed by atoms with Crippen molar-refractivity contribution in [2.24, 2.45) is 5.73 Å². The molecule has 0 bridgehead atoms. The van der Waals surface area contributed by atoms with Gasteiger partial charge in [0, 0.05) is 17.9 Å². The zero-order valence-electron chi connectivity index (χ0n) is 9.65. The number of methoxy groups -OCH3 is 1. The van der Waals surface area contributed by atoms with Crippen molar-refractivity contribution in [3.63, 3.8) is 0 Å². The van der Waals surface area contributed by atoms with Crippen LogP contribution in [-0.4, -0.2) is 23.6 Å². The highest BCUT2D eigenvalue weighted by atomic mass is 16.5. The van der Waals surface area contributed by atoms with Gasteiger partial charge in [-0.05, 0) is 32.9 Å². The number of hydrogen-bond acceptors (Lipinski definition) is 4. The Morgan fingerprint density at radius 2 is 1.73 bits per heavy atom. The Morgan fingerprint density at radius 3 is 2.07 bits per heavy atom. The molecule has 0 aliphatic heterocycles. The molecule has 84 valence electrons. The summed E-state index contributed by atoms with van der Waals surface area (Å²) in [5, 5.41) is 0. The van der Waals surface area contributed by atoms with Crippen LogP contribution in [0.1, 0.15) is 31.1 Å². The molecule has 1 rings (SSSR count). The van der Waals surface area contributed by atoms with Crippen LogP contribution in [0.2, 0.25) is 0 Å². The van der Waals surface area contributed by atoms with Gasteiger partial charge in [-0.25, -0.2) is 4.79 Å². The largest absolute Gasteiger partial charge is 0.465 e. The molecule has 1 heterocycles. The topological polar surface area (TPSA) is 65.2 Å². The molecule has 0 saturated heterocycles. The summed E-state index contributed by atoms with van der Waals surface area (Å²) in [4.78, 5) is 14.5. The fourth-order valence-electron chi connectivity index (χ4n) is 0.606. The summed E-state index contributed by atoms with van der Waals surface area (Å²) in [5.41, 5.74) is 5.88. The summed E-state index contributed by atoms with van der Waals surface area (Å²) in [6.45, 7) is 5.90. The summed E-state index contributed by atoms with van der Waals surface area (Å²) in [6, 6.07) is 3.21. The molecule has 1 aromatic heterocycles. The van der Waals surface area contributed by atoms with Crippen LogP contribution in [-0.2, 0) is 4.74 Å². The van der Waals surface area contributed by atoms with Crippen LogP contribution in [0, 0.1) is 0 Å². The molecule has 0 fully saturated rings. The number of nitrogens with two attached hydrogens (primary N) is 1. The average Bonchev–Trinajstić information content (AvgIpc) is 2.15. The molecule has 15 heavy (non-hydrogen) atoms. The number of pyridine rings is 1. The van der Waals surface area contributed by atoms with Crippen molar-refractivity contribution in [3.8, 4) is 0 Å². The van der Waals surface area contributed by atoms with Gasteiger partial charge in [0.2, 0.25) is 0 Å². The summed E-state index contributed by atoms with van der Waals surface area (Å²) >= 11 is 0. The molecule has 0 radical (unpaired) electrons. The minimum atomic E-state index is -0.331. The van der Waals surface area contributed by atoms with E-state index in [0.717, 1.165) is 0 Å². The highest BCUT2D eigenvalue weighted by Gasteiger charge is 2.01. The lowest BCUT2D eigenvalue weighted by atomic mass is 10.1. The summed E-state index contributed by atoms with van der Waals surface area (Å²) in [5.74, 6) is -0.331. The SMILES string of the molecule is CC(C)(C)N.COC(=O)c1ccncc1. The lowest BCUT2D eigenvalue weighted by Crippen LogP contribution is -2.26. The normalized spacial score (nSPS) is 9.93. The van der Waals surface area contributed by atoms with Gasteiger partial charge in [-0.1, -0.05) is 0 Å². The average molecular weight is 210 g/mol. The number of esters is 1. The smallest absolute Gasteiger partial charge is 0.337 e. The van der Waals surface area contributed by atoms with Crippen LogP contribution in [0.15, 0.2) is 24.5 Å². The predicted octanol–water partition coefficient (Wildman–Crippen LogP) is 1.61. The van der Waals surface area contributed by atoms with E-state index in [0.29, 0.717) is 5.56 Å². The first-order valence-electron chi connectivity index (χ1n) is 4.62. The second-order valence-corrected chi connectivity index (χ2v) is 4.09. The van der Waals surface area contributed by atoms with Crippen molar-refractivity contribution in [2.45, 2.75) is 26.3 Å². The van der Waals surface area contributed by atoms with Gasteiger partial charge in [0.25, 0.3) is 0 Å². The van der Waals surface area contributed by atoms with E-state index in [2.05, 4.69) is 9.72 Å². The van der Waals surface area contributed by atoms with Crippen LogP contribution in [0.3, 0.4) is 0 Å². The number of ether oxygens (including phenoxy) is 1. The Labute approximate surface area is 90.5 Å². The van der Waals surface area contributed by atoms with E-state index in [9.17, 15) is 4.79 Å². The van der Waals surface area contributed by atoms with E-state index < -0.39 is 0 Å². The lowest BCUT2D eigenvalue weighted by molar-refractivity contribution is 0.0600. The molecular formula is C11H18N2O2. The number of carbonyl (C=O) groups excluding carboxylic acids is 1. The number of nitrogens with zero attached hydrogens (tertiary/aromatic N) is 1. The first-order valence-corrected chi connectivity index (χ1v) is 4.62. The van der Waals surface area contributed by atoms with Crippen molar-refractivity contribution in [1.29, 1.82) is 0 Å². The molecule has 0 aliphatic rings. The summed E-state index contributed by atoms with van der Waals surface area (Å²) in [7, 11) is 1.35. The molecule has 4 nitrogen and oxygen atoms in total. The highest BCUT2D eigenvalue weighted by molar-refractivity contribution is 5.88. The zero-order chi connectivity index (χ0) is 11.9. The summed E-state index contributed by atoms with van der Waals surface area (Å²) in [6.07, 6.45) is 3.10. The zero-order valence-corrected chi connectivity index (χ0v) is 9.65. The van der Waals surface area contributed by atoms with Crippen molar-refractivity contribution in [1.82, 2.24) is 4.98 Å². The number of rotatable bonds is 1. The second-order valence-electron chi connectivity index (χ2n) is 4.09. The Kier molecular flexibility index (Phi) is 5.56. The van der Waals surface area contributed by atoms with Gasteiger partial charge in [-0.3, -0.25) is 4.98 Å². The third-order valence-electron chi connectivity index (χ3n) is 1.10. The second kappa shape index (κ2) is 6.14. The molecule has 1 aromatic rings. The highest BCUT2D eigenvalue weighted by Crippen LogP contribution is 1.96. The molecule has 2 N–H and O–H groups in total. The van der Waals surface area contributed by atoms with Crippen molar-refractivity contribution in [2.75, 3.05) is 7.11 Å². The van der Waals surface area contributed by atoms with E-state index in [1.54, 1.807) is 24.5 Å². The van der Waals surface area contributed by atoms with Crippen LogP contribution in [0.4, 0.5) is 0 Å². The number of hydrogen-bond donors (Lipinski definition) is 1. The number of aromatic nitrogens is 1. The first kappa shape index (κ1) is 13.6. The van der Waals surface area contributed by atoms with E-state index in [4.69, 9.17) is 5.73 Å². The standard InChI is InChI=1S/C7H7NO2.C4H11N/c1-10-7(9)6-2-4-8-5-3-6;1-4(2,3)5/h2-5H,1H3;5H2,1-3H3. The Hall–Kier alpha value is -1.42. The molecule has 0 saturated carbocycles. The Balaban J connectivity index is 0.000000336. The molecule has 0 aliphatic carbocycles. The predicted molar refractivity (Wildman–Crippen MR) is 59.5 cm³/mol. The van der Waals surface area contributed by atoms with Crippen LogP contribution in [0.25, 0.3) is 0 Å². The van der Waals surface area contributed by atoms with E-state index in [1.807, 2.05) is 20.8 Å². The first-order chi connectivity index (χ1) is 6.84. The monoisotopic (exact) mass is 210 g/mol. The minimum Gasteiger partial charge on any atom is -0.465 e. The molecule has 0 spiro atoms. The minimum absolute atomic E-state index is 0. The van der Waals surface area contributed by atoms with Crippen LogP contribution < -0.4 is 5.73 Å². The third kappa shape index (κ3) is 8.90. The molecule has 0 atom stereocenters. The van der Waals surface area contributed by atoms with Crippen LogP contribution in [0.5, 0.6) is 0 Å². The maximum absolute atomic E-state index is 10.8. The van der Waals surface area contributed by atoms with Gasteiger partial charge in [0.05, 0.1) is 12.7 Å². The fourth-order valence-corrected chi connectivity index (χ4v) is 0.606. The van der Waals surface area contributed by atoms with Crippen LogP contribution >= 0.6 is 0 Å². The molecule has 0 aromatic carbocycles. The Bertz CT molecular complexity index is 285. The molecule has 0 amide bonds. The van der Waals surface area contributed by atoms with Gasteiger partial charge < -0.3 is 10.5 Å². The molecule has 4 heteroatoms. The Morgan fingerprint density at radius 1 is 1.33 bits per heavy atom. The van der Waals surface area contributed by atoms with Crippen molar-refractivity contribution < 1.29 is 9.53 Å². The van der Waals surface area contributed by atoms with Crippen molar-refractivity contribution in [3.05, 3.63) is 30.1 Å². The maximum Gasteiger partial charge on any atom is 0.337 e. The van der Waals surface area contributed by atoms with Gasteiger partial charge in [-0.2, -0.15) is 0 Å². The lowest BCUT2D eigenvalue weighted by Gasteiger charge is -2.06. The number of carbonyl (C=O) groups is 1. The van der Waals surface area contributed by atoms with Gasteiger partial charge >= 0.3 is 5.97 Å². The van der Waals surface area contributed by atoms with Crippen molar-refractivity contribution >= 4 is 5.97 Å². The van der Waals surface area contributed by atoms with E-state index in [1.165, 1.54) is 7.11 Å².